The highest BCUT2D eigenvalue weighted by Crippen LogP contribution is 2.09. The number of nitrogens with one attached hydrogen (secondary N) is 1. The fraction of sp³-hybridized carbons (Fsp3) is 0.500. The van der Waals surface area contributed by atoms with E-state index in [-0.39, 0.29) is 0 Å². The summed E-state index contributed by atoms with van der Waals surface area (Å²) in [6.07, 6.45) is 3.63. The van der Waals surface area contributed by atoms with Crippen LogP contribution in [0.5, 0.6) is 0 Å². The zero-order valence-corrected chi connectivity index (χ0v) is 13.0. The zero-order valence-electron chi connectivity index (χ0n) is 13.0. The van der Waals surface area contributed by atoms with E-state index in [1.165, 1.54) is 5.56 Å². The Kier molecular flexibility index (Phi) is 5.90. The smallest absolute Gasteiger partial charge is 0.151 e. The summed E-state index contributed by atoms with van der Waals surface area (Å²) in [6, 6.07) is 6.08. The zero-order chi connectivity index (χ0) is 15.1. The summed E-state index contributed by atoms with van der Waals surface area (Å²) in [7, 11) is 2.07. The van der Waals surface area contributed by atoms with Crippen LogP contribution < -0.4 is 5.32 Å². The summed E-state index contributed by atoms with van der Waals surface area (Å²) in [5.41, 5.74) is 2.20. The number of aromatic nitrogens is 2. The molecule has 21 heavy (non-hydrogen) atoms. The lowest BCUT2D eigenvalue weighted by Gasteiger charge is -2.14. The summed E-state index contributed by atoms with van der Waals surface area (Å²) < 4.78 is 5.39. The first-order valence-corrected chi connectivity index (χ1v) is 7.36. The molecule has 0 spiro atoms. The highest BCUT2D eigenvalue weighted by Gasteiger charge is 2.08. The van der Waals surface area contributed by atoms with Crippen molar-refractivity contribution in [2.75, 3.05) is 13.6 Å². The molecule has 0 aliphatic heterocycles. The van der Waals surface area contributed by atoms with Gasteiger partial charge in [-0.05, 0) is 37.2 Å². The molecule has 0 fully saturated rings. The minimum atomic E-state index is 0.642. The Labute approximate surface area is 126 Å². The molecule has 2 aromatic rings. The van der Waals surface area contributed by atoms with Crippen molar-refractivity contribution in [1.82, 2.24) is 20.4 Å². The molecular formula is C16H24N4O. The van der Waals surface area contributed by atoms with Crippen LogP contribution in [0, 0.1) is 5.92 Å². The van der Waals surface area contributed by atoms with Crippen LogP contribution in [-0.2, 0) is 19.6 Å². The van der Waals surface area contributed by atoms with Gasteiger partial charge < -0.3 is 9.84 Å². The maximum atomic E-state index is 5.39. The van der Waals surface area contributed by atoms with Gasteiger partial charge in [0.25, 0.3) is 0 Å². The number of nitrogens with zero attached hydrogens (tertiary/aromatic N) is 3. The molecule has 2 rings (SSSR count). The van der Waals surface area contributed by atoms with Crippen LogP contribution in [0.3, 0.4) is 0 Å². The monoisotopic (exact) mass is 288 g/mol. The molecule has 0 aromatic carbocycles. The van der Waals surface area contributed by atoms with E-state index in [9.17, 15) is 0 Å². The first kappa shape index (κ1) is 15.7. The predicted octanol–water partition coefficient (Wildman–Crippen LogP) is 2.45. The van der Waals surface area contributed by atoms with E-state index in [0.29, 0.717) is 5.92 Å². The van der Waals surface area contributed by atoms with Gasteiger partial charge in [0.15, 0.2) is 5.76 Å². The molecule has 2 heterocycles. The molecule has 0 saturated heterocycles. The molecule has 2 aromatic heterocycles. The maximum absolute atomic E-state index is 5.39. The third kappa shape index (κ3) is 5.65. The molecule has 0 atom stereocenters. The van der Waals surface area contributed by atoms with Crippen LogP contribution in [0.4, 0.5) is 0 Å². The lowest BCUT2D eigenvalue weighted by atomic mass is 10.2. The SMILES string of the molecule is CC(C)CNCc1cc(CN(C)Cc2ccncc2)on1. The van der Waals surface area contributed by atoms with Gasteiger partial charge in [0.2, 0.25) is 0 Å². The molecule has 1 N–H and O–H groups in total. The highest BCUT2D eigenvalue weighted by atomic mass is 16.5. The fourth-order valence-corrected chi connectivity index (χ4v) is 2.12. The molecule has 0 saturated carbocycles. The third-order valence-electron chi connectivity index (χ3n) is 3.09. The largest absolute Gasteiger partial charge is 0.360 e. The van der Waals surface area contributed by atoms with Gasteiger partial charge in [-0.25, -0.2) is 0 Å². The van der Waals surface area contributed by atoms with Crippen molar-refractivity contribution in [3.8, 4) is 0 Å². The first-order valence-electron chi connectivity index (χ1n) is 7.36. The van der Waals surface area contributed by atoms with Gasteiger partial charge in [0, 0.05) is 31.5 Å². The van der Waals surface area contributed by atoms with Crippen molar-refractivity contribution in [3.63, 3.8) is 0 Å². The molecule has 0 aliphatic rings. The lowest BCUT2D eigenvalue weighted by molar-refractivity contribution is 0.265. The third-order valence-corrected chi connectivity index (χ3v) is 3.09. The molecule has 0 unspecified atom stereocenters. The second-order valence-corrected chi connectivity index (χ2v) is 5.84. The number of hydrogen-bond donors (Lipinski definition) is 1. The van der Waals surface area contributed by atoms with Gasteiger partial charge in [-0.3, -0.25) is 9.88 Å². The van der Waals surface area contributed by atoms with Crippen LogP contribution >= 0.6 is 0 Å². The van der Waals surface area contributed by atoms with Gasteiger partial charge in [-0.15, -0.1) is 0 Å². The van der Waals surface area contributed by atoms with Crippen molar-refractivity contribution < 1.29 is 4.52 Å². The summed E-state index contributed by atoms with van der Waals surface area (Å²) in [6.45, 7) is 7.74. The average molecular weight is 288 g/mol. The molecule has 0 aliphatic carbocycles. The van der Waals surface area contributed by atoms with Crippen molar-refractivity contribution in [3.05, 3.63) is 47.6 Å². The Balaban J connectivity index is 1.79. The van der Waals surface area contributed by atoms with Crippen molar-refractivity contribution in [1.29, 1.82) is 0 Å². The number of rotatable bonds is 8. The van der Waals surface area contributed by atoms with E-state index in [1.54, 1.807) is 0 Å². The van der Waals surface area contributed by atoms with Crippen LogP contribution in [0.25, 0.3) is 0 Å². The van der Waals surface area contributed by atoms with Crippen LogP contribution in [0.15, 0.2) is 35.1 Å². The second-order valence-electron chi connectivity index (χ2n) is 5.84. The Bertz CT molecular complexity index is 524. The minimum Gasteiger partial charge on any atom is -0.360 e. The Morgan fingerprint density at radius 3 is 2.71 bits per heavy atom. The quantitative estimate of drug-likeness (QED) is 0.808. The molecule has 5 nitrogen and oxygen atoms in total. The predicted molar refractivity (Wildman–Crippen MR) is 82.5 cm³/mol. The molecule has 0 radical (unpaired) electrons. The molecular weight excluding hydrogens is 264 g/mol. The van der Waals surface area contributed by atoms with Gasteiger partial charge >= 0.3 is 0 Å². The van der Waals surface area contributed by atoms with Gasteiger partial charge in [-0.2, -0.15) is 0 Å². The van der Waals surface area contributed by atoms with Crippen LogP contribution in [0.1, 0.15) is 30.9 Å². The van der Waals surface area contributed by atoms with E-state index >= 15 is 0 Å². The van der Waals surface area contributed by atoms with Crippen LogP contribution in [-0.4, -0.2) is 28.6 Å². The van der Waals surface area contributed by atoms with Crippen molar-refractivity contribution in [2.45, 2.75) is 33.5 Å². The van der Waals surface area contributed by atoms with Crippen molar-refractivity contribution in [2.24, 2.45) is 5.92 Å². The second kappa shape index (κ2) is 7.90. The Hall–Kier alpha value is -1.72. The standard InChI is InChI=1S/C16H24N4O/c1-13(2)9-18-10-15-8-16(21-19-15)12-20(3)11-14-4-6-17-7-5-14/h4-8,13,18H,9-12H2,1-3H3. The molecule has 0 amide bonds. The summed E-state index contributed by atoms with van der Waals surface area (Å²) in [5, 5.41) is 7.46. The fourth-order valence-electron chi connectivity index (χ4n) is 2.12. The van der Waals surface area contributed by atoms with Crippen molar-refractivity contribution >= 4 is 0 Å². The highest BCUT2D eigenvalue weighted by molar-refractivity contribution is 5.10. The topological polar surface area (TPSA) is 54.2 Å². The van der Waals surface area contributed by atoms with E-state index < -0.39 is 0 Å². The normalized spacial score (nSPS) is 11.5. The van der Waals surface area contributed by atoms with E-state index in [1.807, 2.05) is 30.6 Å². The summed E-state index contributed by atoms with van der Waals surface area (Å²) in [4.78, 5) is 6.22. The van der Waals surface area contributed by atoms with Crippen LogP contribution in [0.2, 0.25) is 0 Å². The maximum Gasteiger partial charge on any atom is 0.151 e. The Morgan fingerprint density at radius 2 is 2.00 bits per heavy atom. The number of hydrogen-bond acceptors (Lipinski definition) is 5. The average Bonchev–Trinajstić information content (AvgIpc) is 2.86. The van der Waals surface area contributed by atoms with E-state index in [0.717, 1.165) is 37.6 Å². The Morgan fingerprint density at radius 1 is 1.24 bits per heavy atom. The molecule has 5 heteroatoms. The van der Waals surface area contributed by atoms with E-state index in [2.05, 4.69) is 41.3 Å². The first-order chi connectivity index (χ1) is 10.1. The molecule has 114 valence electrons. The lowest BCUT2D eigenvalue weighted by Crippen LogP contribution is -2.19. The van der Waals surface area contributed by atoms with E-state index in [4.69, 9.17) is 4.52 Å². The van der Waals surface area contributed by atoms with Gasteiger partial charge in [0.1, 0.15) is 0 Å². The minimum absolute atomic E-state index is 0.642. The molecule has 0 bridgehead atoms. The van der Waals surface area contributed by atoms with Gasteiger partial charge in [0.05, 0.1) is 12.2 Å². The summed E-state index contributed by atoms with van der Waals surface area (Å²) in [5.74, 6) is 1.54. The summed E-state index contributed by atoms with van der Waals surface area (Å²) >= 11 is 0. The van der Waals surface area contributed by atoms with Gasteiger partial charge in [-0.1, -0.05) is 19.0 Å². The number of pyridine rings is 1.